The summed E-state index contributed by atoms with van der Waals surface area (Å²) in [6.07, 6.45) is 6.82. The number of carbonyl (C=O) groups is 2. The molecule has 4 heterocycles. The zero-order chi connectivity index (χ0) is 38.2. The molecule has 2 aromatic heterocycles. The number of halogens is 2. The van der Waals surface area contributed by atoms with Gasteiger partial charge in [-0.25, -0.2) is 18.4 Å². The van der Waals surface area contributed by atoms with Gasteiger partial charge in [-0.3, -0.25) is 9.59 Å². The second-order valence-electron chi connectivity index (χ2n) is 14.5. The highest BCUT2D eigenvalue weighted by Gasteiger charge is 2.30. The largest absolute Gasteiger partial charge is 0.477 e. The molecule has 3 aromatic carbocycles. The molecule has 0 bridgehead atoms. The Morgan fingerprint density at radius 1 is 0.691 bits per heavy atom. The van der Waals surface area contributed by atoms with Crippen LogP contribution in [0.5, 0.6) is 0 Å². The van der Waals surface area contributed by atoms with E-state index in [0.29, 0.717) is 48.6 Å². The van der Waals surface area contributed by atoms with Crippen molar-refractivity contribution in [3.8, 4) is 0 Å². The Morgan fingerprint density at radius 2 is 1.15 bits per heavy atom. The molecule has 0 amide bonds. The number of pyridine rings is 2. The standard InChI is InChI=1S/C24H24FN3O3.C17H18FN3O3/c25-20-12-18-21(13-22(20)27-10-8-26-9-11-27)28(17-6-7-17)14-19(23(18)29)24(30)31-15-16-4-2-1-3-5-16;18-13-7-11-14(8-15(13)20-5-3-19-4-6-20)21(10-1-2-10)9-12(16(11)22)17(23)24/h1-5,12-14,17,26H,6-11,15H2;7-10,19H,1-6H2,(H,23,24). The van der Waals surface area contributed by atoms with Gasteiger partial charge in [0, 0.05) is 87.6 Å². The molecule has 4 fully saturated rings. The van der Waals surface area contributed by atoms with Crippen molar-refractivity contribution in [3.05, 3.63) is 116 Å². The molecule has 5 aromatic rings. The van der Waals surface area contributed by atoms with E-state index in [0.717, 1.165) is 57.4 Å². The highest BCUT2D eigenvalue weighted by Crippen LogP contribution is 2.39. The number of benzene rings is 3. The van der Waals surface area contributed by atoms with Crippen LogP contribution >= 0.6 is 0 Å². The summed E-state index contributed by atoms with van der Waals surface area (Å²) in [7, 11) is 0. The average molecular weight is 753 g/mol. The van der Waals surface area contributed by atoms with Crippen molar-refractivity contribution in [1.29, 1.82) is 0 Å². The van der Waals surface area contributed by atoms with Crippen molar-refractivity contribution >= 4 is 45.1 Å². The number of fused-ring (bicyclic) bond motifs is 2. The number of nitrogens with zero attached hydrogens (tertiary/aromatic N) is 4. The van der Waals surface area contributed by atoms with Gasteiger partial charge in [0.25, 0.3) is 0 Å². The fraction of sp³-hybridized carbons (Fsp3) is 0.366. The number of rotatable bonds is 8. The molecule has 0 atom stereocenters. The van der Waals surface area contributed by atoms with Crippen LogP contribution in [0, 0.1) is 11.6 Å². The molecular formula is C41H42F2N6O6. The third kappa shape index (κ3) is 7.56. The van der Waals surface area contributed by atoms with Crippen molar-refractivity contribution in [2.45, 2.75) is 44.4 Å². The number of aromatic carboxylic acids is 1. The second kappa shape index (κ2) is 15.3. The summed E-state index contributed by atoms with van der Waals surface area (Å²) in [5.41, 5.74) is 1.63. The molecule has 3 N–H and O–H groups in total. The van der Waals surface area contributed by atoms with E-state index in [1.54, 1.807) is 18.3 Å². The zero-order valence-electron chi connectivity index (χ0n) is 30.2. The topological polar surface area (TPSA) is 138 Å². The van der Waals surface area contributed by atoms with Crippen LogP contribution in [0.25, 0.3) is 21.8 Å². The minimum Gasteiger partial charge on any atom is -0.477 e. The number of aromatic nitrogens is 2. The maximum absolute atomic E-state index is 15.0. The van der Waals surface area contributed by atoms with Crippen LogP contribution in [0.3, 0.4) is 0 Å². The first-order chi connectivity index (χ1) is 26.7. The number of nitrogens with one attached hydrogen (secondary N) is 2. The summed E-state index contributed by atoms with van der Waals surface area (Å²) < 4.78 is 38.8. The second-order valence-corrected chi connectivity index (χ2v) is 14.5. The van der Waals surface area contributed by atoms with Crippen LogP contribution < -0.4 is 31.3 Å². The van der Waals surface area contributed by atoms with Crippen molar-refractivity contribution in [2.24, 2.45) is 0 Å². The summed E-state index contributed by atoms with van der Waals surface area (Å²) in [4.78, 5) is 53.6. The zero-order valence-corrected chi connectivity index (χ0v) is 30.2. The minimum atomic E-state index is -1.28. The number of hydrogen-bond donors (Lipinski definition) is 3. The van der Waals surface area contributed by atoms with E-state index in [1.165, 1.54) is 18.3 Å². The first-order valence-corrected chi connectivity index (χ1v) is 18.8. The van der Waals surface area contributed by atoms with Crippen LogP contribution in [0.2, 0.25) is 0 Å². The number of carboxylic acids is 1. The van der Waals surface area contributed by atoms with Crippen molar-refractivity contribution in [3.63, 3.8) is 0 Å². The van der Waals surface area contributed by atoms with Gasteiger partial charge in [0.15, 0.2) is 0 Å². The molecule has 0 unspecified atom stereocenters. The van der Waals surface area contributed by atoms with E-state index in [9.17, 15) is 28.7 Å². The smallest absolute Gasteiger partial charge is 0.343 e. The van der Waals surface area contributed by atoms with Gasteiger partial charge in [-0.15, -0.1) is 0 Å². The molecule has 55 heavy (non-hydrogen) atoms. The van der Waals surface area contributed by atoms with E-state index in [1.807, 2.05) is 49.3 Å². The van der Waals surface area contributed by atoms with Gasteiger partial charge in [-0.1, -0.05) is 30.3 Å². The van der Waals surface area contributed by atoms with Gasteiger partial charge in [0.05, 0.1) is 22.4 Å². The predicted molar refractivity (Wildman–Crippen MR) is 206 cm³/mol. The van der Waals surface area contributed by atoms with Crippen molar-refractivity contribution in [2.75, 3.05) is 62.2 Å². The number of esters is 1. The monoisotopic (exact) mass is 752 g/mol. The van der Waals surface area contributed by atoms with Crippen LogP contribution in [0.4, 0.5) is 20.2 Å². The molecule has 2 saturated carbocycles. The molecule has 2 aliphatic carbocycles. The lowest BCUT2D eigenvalue weighted by Gasteiger charge is -2.30. The van der Waals surface area contributed by atoms with Gasteiger partial charge in [-0.2, -0.15) is 0 Å². The Morgan fingerprint density at radius 3 is 1.60 bits per heavy atom. The highest BCUT2D eigenvalue weighted by molar-refractivity contribution is 5.95. The number of carboxylic acid groups (broad SMARTS) is 1. The summed E-state index contributed by atoms with van der Waals surface area (Å²) in [6, 6.07) is 15.6. The van der Waals surface area contributed by atoms with Crippen LogP contribution in [0.1, 0.15) is 64.0 Å². The Bertz CT molecular complexity index is 2400. The number of hydrogen-bond acceptors (Lipinski definition) is 9. The van der Waals surface area contributed by atoms with Gasteiger partial charge < -0.3 is 39.4 Å². The third-order valence-corrected chi connectivity index (χ3v) is 10.7. The normalized spacial score (nSPS) is 17.2. The number of carbonyl (C=O) groups excluding carboxylic acids is 1. The fourth-order valence-electron chi connectivity index (χ4n) is 7.42. The Hall–Kier alpha value is -5.60. The van der Waals surface area contributed by atoms with Gasteiger partial charge in [0.1, 0.15) is 29.4 Å². The van der Waals surface area contributed by atoms with E-state index in [-0.39, 0.29) is 40.6 Å². The summed E-state index contributed by atoms with van der Waals surface area (Å²) in [5, 5.41) is 16.1. The van der Waals surface area contributed by atoms with Crippen LogP contribution in [-0.2, 0) is 11.3 Å². The molecular weight excluding hydrogens is 710 g/mol. The fourth-order valence-corrected chi connectivity index (χ4v) is 7.42. The van der Waals surface area contributed by atoms with Gasteiger partial charge in [-0.05, 0) is 55.5 Å². The Kier molecular flexibility index (Phi) is 10.1. The summed E-state index contributed by atoms with van der Waals surface area (Å²) in [5.74, 6) is -2.88. The van der Waals surface area contributed by atoms with E-state index in [4.69, 9.17) is 4.74 Å². The number of piperazine rings is 2. The highest BCUT2D eigenvalue weighted by atomic mass is 19.1. The number of ether oxygens (including phenoxy) is 1. The first kappa shape index (κ1) is 36.4. The lowest BCUT2D eigenvalue weighted by Crippen LogP contribution is -2.43. The quantitative estimate of drug-likeness (QED) is 0.189. The van der Waals surface area contributed by atoms with Crippen LogP contribution in [0.15, 0.2) is 76.6 Å². The average Bonchev–Trinajstić information content (AvgIpc) is 4.14. The Labute approximate surface area is 314 Å². The van der Waals surface area contributed by atoms with E-state index >= 15 is 4.39 Å². The van der Waals surface area contributed by atoms with Gasteiger partial charge in [0.2, 0.25) is 10.9 Å². The molecule has 2 saturated heterocycles. The molecule has 286 valence electrons. The SMILES string of the molecule is O=C(O)c1cn(C2CC2)c2cc(N3CCNCC3)c(F)cc2c1=O.O=C(OCc1ccccc1)c1cn(C2CC2)c2cc(N3CCNCC3)c(F)cc2c1=O. The summed E-state index contributed by atoms with van der Waals surface area (Å²) in [6.45, 7) is 6.04. The molecule has 0 radical (unpaired) electrons. The molecule has 0 spiro atoms. The number of anilines is 2. The Balaban J connectivity index is 0.000000160. The predicted octanol–water partition coefficient (Wildman–Crippen LogP) is 4.83. The molecule has 9 rings (SSSR count). The molecule has 4 aliphatic rings. The maximum Gasteiger partial charge on any atom is 0.343 e. The lowest BCUT2D eigenvalue weighted by molar-refractivity contribution is 0.0470. The summed E-state index contributed by atoms with van der Waals surface area (Å²) >= 11 is 0. The molecule has 12 nitrogen and oxygen atoms in total. The molecule has 2 aliphatic heterocycles. The first-order valence-electron chi connectivity index (χ1n) is 18.8. The molecule has 14 heteroatoms. The van der Waals surface area contributed by atoms with Crippen molar-refractivity contribution < 1.29 is 28.2 Å². The lowest BCUT2D eigenvalue weighted by atomic mass is 10.1. The van der Waals surface area contributed by atoms with Crippen molar-refractivity contribution in [1.82, 2.24) is 19.8 Å². The van der Waals surface area contributed by atoms with Crippen LogP contribution in [-0.4, -0.2) is 78.5 Å². The third-order valence-electron chi connectivity index (χ3n) is 10.7. The minimum absolute atomic E-state index is 0.0512. The van der Waals surface area contributed by atoms with Gasteiger partial charge >= 0.3 is 11.9 Å². The van der Waals surface area contributed by atoms with E-state index < -0.39 is 34.4 Å². The van der Waals surface area contributed by atoms with E-state index in [2.05, 4.69) is 10.6 Å². The maximum atomic E-state index is 15.0.